The fraction of sp³-hybridized carbons (Fsp3) is 0.625. The van der Waals surface area contributed by atoms with Gasteiger partial charge in [0.15, 0.2) is 0 Å². The van der Waals surface area contributed by atoms with E-state index in [-0.39, 0.29) is 0 Å². The lowest BCUT2D eigenvalue weighted by atomic mass is 10.0. The van der Waals surface area contributed by atoms with E-state index in [0.717, 1.165) is 23.9 Å². The van der Waals surface area contributed by atoms with Crippen molar-refractivity contribution in [3.63, 3.8) is 0 Å². The van der Waals surface area contributed by atoms with Crippen molar-refractivity contribution in [2.24, 2.45) is 11.8 Å². The number of aryl methyl sites for hydroxylation is 1. The number of nitrogen functional groups attached to an aromatic ring is 1. The first-order valence-electron chi connectivity index (χ1n) is 7.38. The topological polar surface area (TPSA) is 29.3 Å². The van der Waals surface area contributed by atoms with Gasteiger partial charge in [-0.15, -0.1) is 0 Å². The van der Waals surface area contributed by atoms with Gasteiger partial charge in [-0.05, 0) is 61.8 Å². The molecule has 1 aromatic rings. The zero-order valence-corrected chi connectivity index (χ0v) is 11.1. The van der Waals surface area contributed by atoms with Crippen LogP contribution in [0.1, 0.15) is 31.2 Å². The van der Waals surface area contributed by atoms with Crippen LogP contribution in [0.2, 0.25) is 0 Å². The van der Waals surface area contributed by atoms with Crippen molar-refractivity contribution in [3.05, 3.63) is 29.8 Å². The van der Waals surface area contributed by atoms with Crippen molar-refractivity contribution < 1.29 is 0 Å². The highest BCUT2D eigenvalue weighted by Gasteiger charge is 2.35. The van der Waals surface area contributed by atoms with Crippen LogP contribution in [0.15, 0.2) is 24.3 Å². The molecule has 1 saturated heterocycles. The van der Waals surface area contributed by atoms with Crippen LogP contribution in [0.3, 0.4) is 0 Å². The zero-order valence-electron chi connectivity index (χ0n) is 11.1. The summed E-state index contributed by atoms with van der Waals surface area (Å²) >= 11 is 0. The molecule has 2 fully saturated rings. The van der Waals surface area contributed by atoms with Gasteiger partial charge < -0.3 is 10.6 Å². The van der Waals surface area contributed by atoms with Crippen LogP contribution in [0.25, 0.3) is 0 Å². The molecular weight excluding hydrogens is 220 g/mol. The van der Waals surface area contributed by atoms with Crippen molar-refractivity contribution in [1.29, 1.82) is 0 Å². The normalized spacial score (nSPS) is 27.6. The lowest BCUT2D eigenvalue weighted by Gasteiger charge is -2.16. The summed E-state index contributed by atoms with van der Waals surface area (Å²) in [6, 6.07) is 8.32. The first kappa shape index (κ1) is 12.0. The summed E-state index contributed by atoms with van der Waals surface area (Å²) in [4.78, 5) is 2.68. The van der Waals surface area contributed by atoms with E-state index in [1.54, 1.807) is 0 Å². The Balaban J connectivity index is 1.43. The summed E-state index contributed by atoms with van der Waals surface area (Å²) in [6.45, 7) is 3.99. The lowest BCUT2D eigenvalue weighted by molar-refractivity contribution is 0.307. The van der Waals surface area contributed by atoms with Gasteiger partial charge in [0.2, 0.25) is 0 Å². The molecule has 98 valence electrons. The van der Waals surface area contributed by atoms with Gasteiger partial charge in [0.1, 0.15) is 0 Å². The minimum atomic E-state index is 0.892. The monoisotopic (exact) mass is 244 g/mol. The third-order valence-corrected chi connectivity index (χ3v) is 4.69. The Morgan fingerprint density at radius 1 is 1.17 bits per heavy atom. The van der Waals surface area contributed by atoms with E-state index >= 15 is 0 Å². The fourth-order valence-electron chi connectivity index (χ4n) is 3.77. The van der Waals surface area contributed by atoms with Gasteiger partial charge in [-0.1, -0.05) is 18.6 Å². The van der Waals surface area contributed by atoms with Crippen molar-refractivity contribution >= 4 is 5.69 Å². The van der Waals surface area contributed by atoms with Gasteiger partial charge in [-0.3, -0.25) is 0 Å². The summed E-state index contributed by atoms with van der Waals surface area (Å²) in [5.41, 5.74) is 8.08. The van der Waals surface area contributed by atoms with E-state index in [0.29, 0.717) is 0 Å². The van der Waals surface area contributed by atoms with E-state index in [4.69, 9.17) is 5.73 Å². The Hall–Kier alpha value is -1.02. The number of nitrogens with two attached hydrogens (primary N) is 1. The van der Waals surface area contributed by atoms with Crippen LogP contribution in [0, 0.1) is 11.8 Å². The second-order valence-corrected chi connectivity index (χ2v) is 6.06. The number of hydrogen-bond acceptors (Lipinski definition) is 2. The highest BCUT2D eigenvalue weighted by molar-refractivity contribution is 5.40. The first-order chi connectivity index (χ1) is 8.81. The molecule has 2 atom stereocenters. The molecule has 0 spiro atoms. The number of anilines is 1. The van der Waals surface area contributed by atoms with Crippen molar-refractivity contribution in [2.45, 2.75) is 32.1 Å². The van der Waals surface area contributed by atoms with E-state index in [1.807, 2.05) is 6.07 Å². The third kappa shape index (κ3) is 2.69. The molecule has 1 saturated carbocycles. The molecule has 0 radical (unpaired) electrons. The largest absolute Gasteiger partial charge is 0.399 e. The molecule has 1 heterocycles. The molecule has 2 N–H and O–H groups in total. The maximum atomic E-state index is 5.80. The summed E-state index contributed by atoms with van der Waals surface area (Å²) in [7, 11) is 0. The molecule has 0 amide bonds. The third-order valence-electron chi connectivity index (χ3n) is 4.69. The highest BCUT2D eigenvalue weighted by atomic mass is 15.2. The number of fused-ring (bicyclic) bond motifs is 1. The van der Waals surface area contributed by atoms with Gasteiger partial charge >= 0.3 is 0 Å². The zero-order chi connectivity index (χ0) is 12.4. The van der Waals surface area contributed by atoms with Crippen LogP contribution in [-0.4, -0.2) is 24.5 Å². The fourth-order valence-corrected chi connectivity index (χ4v) is 3.77. The molecule has 0 bridgehead atoms. The summed E-state index contributed by atoms with van der Waals surface area (Å²) in [5, 5.41) is 0. The smallest absolute Gasteiger partial charge is 0.0316 e. The van der Waals surface area contributed by atoms with Crippen molar-refractivity contribution in [1.82, 2.24) is 4.90 Å². The molecule has 2 heteroatoms. The molecule has 1 aromatic carbocycles. The first-order valence-corrected chi connectivity index (χ1v) is 7.38. The van der Waals surface area contributed by atoms with Gasteiger partial charge in [0.25, 0.3) is 0 Å². The molecular formula is C16H24N2. The second-order valence-electron chi connectivity index (χ2n) is 6.06. The Kier molecular flexibility index (Phi) is 3.55. The van der Waals surface area contributed by atoms with Gasteiger partial charge in [0.05, 0.1) is 0 Å². The Morgan fingerprint density at radius 3 is 2.67 bits per heavy atom. The molecule has 1 aliphatic carbocycles. The molecule has 2 nitrogen and oxygen atoms in total. The van der Waals surface area contributed by atoms with Gasteiger partial charge in [0, 0.05) is 18.8 Å². The number of benzene rings is 1. The van der Waals surface area contributed by atoms with Crippen LogP contribution in [0.5, 0.6) is 0 Å². The van der Waals surface area contributed by atoms with Crippen LogP contribution < -0.4 is 5.73 Å². The molecule has 1 aliphatic heterocycles. The summed E-state index contributed by atoms with van der Waals surface area (Å²) in [6.07, 6.45) is 6.87. The van der Waals surface area contributed by atoms with Gasteiger partial charge in [-0.2, -0.15) is 0 Å². The molecule has 0 aromatic heterocycles. The Morgan fingerprint density at radius 2 is 1.94 bits per heavy atom. The van der Waals surface area contributed by atoms with E-state index < -0.39 is 0 Å². The van der Waals surface area contributed by atoms with Crippen LogP contribution in [-0.2, 0) is 6.42 Å². The molecule has 3 rings (SSSR count). The van der Waals surface area contributed by atoms with E-state index in [1.165, 1.54) is 50.9 Å². The predicted molar refractivity (Wildman–Crippen MR) is 76.4 cm³/mol. The molecule has 18 heavy (non-hydrogen) atoms. The average molecular weight is 244 g/mol. The number of hydrogen-bond donors (Lipinski definition) is 1. The number of rotatable bonds is 4. The van der Waals surface area contributed by atoms with Crippen molar-refractivity contribution in [2.75, 3.05) is 25.4 Å². The lowest BCUT2D eigenvalue weighted by Crippen LogP contribution is -2.23. The van der Waals surface area contributed by atoms with E-state index in [2.05, 4.69) is 23.1 Å². The maximum absolute atomic E-state index is 5.80. The molecule has 2 aliphatic rings. The average Bonchev–Trinajstić information content (AvgIpc) is 2.89. The summed E-state index contributed by atoms with van der Waals surface area (Å²) in [5.74, 6) is 2.05. The van der Waals surface area contributed by atoms with Gasteiger partial charge in [-0.25, -0.2) is 0 Å². The quantitative estimate of drug-likeness (QED) is 0.825. The Labute approximate surface area is 110 Å². The minimum Gasteiger partial charge on any atom is -0.399 e. The molecule has 2 unspecified atom stereocenters. The number of likely N-dealkylation sites (tertiary alicyclic amines) is 1. The van der Waals surface area contributed by atoms with Crippen LogP contribution >= 0.6 is 0 Å². The van der Waals surface area contributed by atoms with Crippen LogP contribution in [0.4, 0.5) is 5.69 Å². The predicted octanol–water partition coefficient (Wildman–Crippen LogP) is 2.93. The van der Waals surface area contributed by atoms with Crippen molar-refractivity contribution in [3.8, 4) is 0 Å². The maximum Gasteiger partial charge on any atom is 0.0316 e. The SMILES string of the molecule is Nc1cccc(CCCN2CC3CCCC3C2)c1. The minimum absolute atomic E-state index is 0.892. The number of nitrogens with zero attached hydrogens (tertiary/aromatic N) is 1. The standard InChI is InChI=1S/C16H24N2/c17-16-8-1-4-13(10-16)5-3-9-18-11-14-6-2-7-15(14)12-18/h1,4,8,10,14-15H,2-3,5-7,9,11-12,17H2. The van der Waals surface area contributed by atoms with E-state index in [9.17, 15) is 0 Å². The second kappa shape index (κ2) is 5.31. The summed E-state index contributed by atoms with van der Waals surface area (Å²) < 4.78 is 0. The highest BCUT2D eigenvalue weighted by Crippen LogP contribution is 2.37. The Bertz CT molecular complexity index is 390.